The van der Waals surface area contributed by atoms with Gasteiger partial charge < -0.3 is 24.7 Å². The van der Waals surface area contributed by atoms with Gasteiger partial charge in [-0.1, -0.05) is 47.6 Å². The van der Waals surface area contributed by atoms with E-state index in [2.05, 4.69) is 0 Å². The predicted molar refractivity (Wildman–Crippen MR) is 130 cm³/mol. The van der Waals surface area contributed by atoms with E-state index in [0.717, 1.165) is 0 Å². The van der Waals surface area contributed by atoms with Crippen molar-refractivity contribution in [3.8, 4) is 11.5 Å². The normalized spacial score (nSPS) is 12.9. The average Bonchev–Trinajstić information content (AvgIpc) is 2.72. The zero-order chi connectivity index (χ0) is 26.7. The zero-order valence-electron chi connectivity index (χ0n) is 21.8. The predicted octanol–water partition coefficient (Wildman–Crippen LogP) is 3.59. The van der Waals surface area contributed by atoms with Gasteiger partial charge in [-0.25, -0.2) is 0 Å². The van der Waals surface area contributed by atoms with Gasteiger partial charge in [-0.3, -0.25) is 19.2 Å². The van der Waals surface area contributed by atoms with Crippen LogP contribution in [-0.4, -0.2) is 42.6 Å². The molecule has 9 nitrogen and oxygen atoms in total. The molecule has 2 atom stereocenters. The van der Waals surface area contributed by atoms with E-state index in [0.29, 0.717) is 5.56 Å². The lowest BCUT2D eigenvalue weighted by atomic mass is 10.1. The molecule has 0 aromatic heterocycles. The fourth-order valence-electron chi connectivity index (χ4n) is 2.86. The van der Waals surface area contributed by atoms with Crippen molar-refractivity contribution >= 4 is 23.9 Å². The molecule has 0 heterocycles. The van der Waals surface area contributed by atoms with Crippen LogP contribution in [0.2, 0.25) is 0 Å². The third-order valence-corrected chi connectivity index (χ3v) is 4.61. The summed E-state index contributed by atoms with van der Waals surface area (Å²) in [5.41, 5.74) is 6.60. The molecule has 0 saturated carbocycles. The molecule has 2 N–H and O–H groups in total. The van der Waals surface area contributed by atoms with Crippen LogP contribution in [0.3, 0.4) is 0 Å². The monoisotopic (exact) mass is 493 g/mol. The maximum absolute atomic E-state index is 12.4. The van der Waals surface area contributed by atoms with Crippen LogP contribution in [0.4, 0.5) is 0 Å². The smallest absolute Gasteiger partial charge is 0.323 e. The Morgan fingerprint density at radius 3 is 1.86 bits per heavy atom. The highest BCUT2D eigenvalue weighted by Gasteiger charge is 2.22. The summed E-state index contributed by atoms with van der Waals surface area (Å²) in [6.07, 6.45) is -0.171. The Bertz CT molecular complexity index is 878. The van der Waals surface area contributed by atoms with Crippen LogP contribution in [0.1, 0.15) is 66.9 Å². The molecule has 1 aromatic rings. The highest BCUT2D eigenvalue weighted by molar-refractivity contribution is 5.77. The summed E-state index contributed by atoms with van der Waals surface area (Å²) in [4.78, 5) is 48.4. The second kappa shape index (κ2) is 14.5. The van der Waals surface area contributed by atoms with Crippen molar-refractivity contribution in [3.63, 3.8) is 0 Å². The Labute approximate surface area is 207 Å². The van der Waals surface area contributed by atoms with Crippen molar-refractivity contribution in [2.75, 3.05) is 6.61 Å². The van der Waals surface area contributed by atoms with Gasteiger partial charge in [0.2, 0.25) is 0 Å². The van der Waals surface area contributed by atoms with E-state index >= 15 is 0 Å². The Morgan fingerprint density at radius 1 is 0.800 bits per heavy atom. The molecule has 0 amide bonds. The summed E-state index contributed by atoms with van der Waals surface area (Å²) < 4.78 is 21.2. The van der Waals surface area contributed by atoms with Crippen LogP contribution >= 0.6 is 0 Å². The Kier molecular flexibility index (Phi) is 12.4. The van der Waals surface area contributed by atoms with E-state index in [1.165, 1.54) is 12.1 Å². The van der Waals surface area contributed by atoms with Crippen LogP contribution < -0.4 is 15.2 Å². The van der Waals surface area contributed by atoms with Gasteiger partial charge in [0.1, 0.15) is 18.8 Å². The third kappa shape index (κ3) is 11.8. The molecule has 0 radical (unpaired) electrons. The first-order valence-corrected chi connectivity index (χ1v) is 11.9. The first kappa shape index (κ1) is 30.1. The SMILES string of the molecule is CC(C)CC(=O)Oc1ccc(C[C@H](N)C(=O)O[C@@H](C)COC(=O)C(C)C)cc1OC(=O)CC(C)C. The van der Waals surface area contributed by atoms with Gasteiger partial charge >= 0.3 is 23.9 Å². The first-order valence-electron chi connectivity index (χ1n) is 11.9. The van der Waals surface area contributed by atoms with E-state index in [1.807, 2.05) is 27.7 Å². The second-order valence-electron chi connectivity index (χ2n) is 9.77. The Balaban J connectivity index is 2.89. The maximum Gasteiger partial charge on any atom is 0.323 e. The summed E-state index contributed by atoms with van der Waals surface area (Å²) in [7, 11) is 0. The summed E-state index contributed by atoms with van der Waals surface area (Å²) in [6.45, 7) is 12.5. The minimum atomic E-state index is -1.01. The number of hydrogen-bond acceptors (Lipinski definition) is 9. The first-order chi connectivity index (χ1) is 16.3. The molecule has 0 fully saturated rings. The molecular formula is C26H39NO8. The van der Waals surface area contributed by atoms with Crippen molar-refractivity contribution in [2.24, 2.45) is 23.5 Å². The number of hydrogen-bond donors (Lipinski definition) is 1. The standard InChI is InChI=1S/C26H39NO8/c1-15(2)10-23(28)34-21-9-8-19(13-22(21)35-24(29)11-16(3)4)12-20(27)26(31)33-18(7)14-32-25(30)17(5)6/h8-9,13,15-18,20H,10-12,14,27H2,1-7H3/t18-,20-/m0/s1. The average molecular weight is 494 g/mol. The van der Waals surface area contributed by atoms with Gasteiger partial charge in [0.25, 0.3) is 0 Å². The van der Waals surface area contributed by atoms with Crippen LogP contribution in [0.25, 0.3) is 0 Å². The number of carbonyl (C=O) groups is 4. The topological polar surface area (TPSA) is 131 Å². The number of ether oxygens (including phenoxy) is 4. The maximum atomic E-state index is 12.4. The number of esters is 4. The number of carbonyl (C=O) groups excluding carboxylic acids is 4. The van der Waals surface area contributed by atoms with Crippen molar-refractivity contribution < 1.29 is 38.1 Å². The molecule has 0 aliphatic carbocycles. The largest absolute Gasteiger partial charge is 0.462 e. The number of nitrogens with two attached hydrogens (primary N) is 1. The molecule has 1 rings (SSSR count). The van der Waals surface area contributed by atoms with Crippen molar-refractivity contribution in [1.82, 2.24) is 0 Å². The Morgan fingerprint density at radius 2 is 1.34 bits per heavy atom. The Hall–Kier alpha value is -2.94. The molecule has 196 valence electrons. The molecule has 0 saturated heterocycles. The quantitative estimate of drug-likeness (QED) is 0.323. The van der Waals surface area contributed by atoms with Gasteiger partial charge in [-0.05, 0) is 42.9 Å². The van der Waals surface area contributed by atoms with Crippen molar-refractivity contribution in [3.05, 3.63) is 23.8 Å². The minimum absolute atomic E-state index is 0.0676. The molecule has 0 aliphatic heterocycles. The van der Waals surface area contributed by atoms with Crippen LogP contribution in [-0.2, 0) is 35.1 Å². The van der Waals surface area contributed by atoms with Gasteiger partial charge in [0, 0.05) is 12.8 Å². The zero-order valence-corrected chi connectivity index (χ0v) is 21.8. The van der Waals surface area contributed by atoms with E-state index < -0.39 is 30.1 Å². The molecule has 1 aromatic carbocycles. The van der Waals surface area contributed by atoms with E-state index in [1.54, 1.807) is 26.8 Å². The summed E-state index contributed by atoms with van der Waals surface area (Å²) in [5, 5.41) is 0. The summed E-state index contributed by atoms with van der Waals surface area (Å²) >= 11 is 0. The lowest BCUT2D eigenvalue weighted by Gasteiger charge is -2.18. The van der Waals surface area contributed by atoms with E-state index in [-0.39, 0.29) is 61.1 Å². The van der Waals surface area contributed by atoms with Gasteiger partial charge in [-0.2, -0.15) is 0 Å². The van der Waals surface area contributed by atoms with Gasteiger partial charge in [-0.15, -0.1) is 0 Å². The van der Waals surface area contributed by atoms with Crippen molar-refractivity contribution in [2.45, 2.75) is 79.9 Å². The second-order valence-corrected chi connectivity index (χ2v) is 9.77. The van der Waals surface area contributed by atoms with Crippen molar-refractivity contribution in [1.29, 1.82) is 0 Å². The van der Waals surface area contributed by atoms with Gasteiger partial charge in [0.05, 0.1) is 5.92 Å². The molecule has 0 aliphatic rings. The lowest BCUT2D eigenvalue weighted by molar-refractivity contribution is -0.160. The van der Waals surface area contributed by atoms with Crippen LogP contribution in [0.15, 0.2) is 18.2 Å². The molecular weight excluding hydrogens is 454 g/mol. The van der Waals surface area contributed by atoms with E-state index in [9.17, 15) is 19.2 Å². The third-order valence-electron chi connectivity index (χ3n) is 4.61. The molecule has 0 bridgehead atoms. The van der Waals surface area contributed by atoms with Gasteiger partial charge in [0.15, 0.2) is 11.5 Å². The van der Waals surface area contributed by atoms with Crippen LogP contribution in [0.5, 0.6) is 11.5 Å². The molecule has 9 heteroatoms. The summed E-state index contributed by atoms with van der Waals surface area (Å²) in [5.74, 6) is -1.84. The number of rotatable bonds is 13. The minimum Gasteiger partial charge on any atom is -0.462 e. The van der Waals surface area contributed by atoms with E-state index in [4.69, 9.17) is 24.7 Å². The summed E-state index contributed by atoms with van der Waals surface area (Å²) in [6, 6.07) is 3.67. The highest BCUT2D eigenvalue weighted by atomic mass is 16.6. The molecule has 0 spiro atoms. The number of benzene rings is 1. The molecule has 0 unspecified atom stereocenters. The highest BCUT2D eigenvalue weighted by Crippen LogP contribution is 2.30. The van der Waals surface area contributed by atoms with Crippen LogP contribution in [0, 0.1) is 17.8 Å². The fourth-order valence-corrected chi connectivity index (χ4v) is 2.86. The fraction of sp³-hybridized carbons (Fsp3) is 0.615. The lowest BCUT2D eigenvalue weighted by Crippen LogP contribution is -2.37. The molecule has 35 heavy (non-hydrogen) atoms.